The molecular weight excluding hydrogens is 262 g/mol. The molecule has 1 aliphatic heterocycles. The van der Waals surface area contributed by atoms with Gasteiger partial charge in [0.05, 0.1) is 11.6 Å². The highest BCUT2D eigenvalue weighted by Gasteiger charge is 2.29. The molecule has 19 heavy (non-hydrogen) atoms. The van der Waals surface area contributed by atoms with Crippen LogP contribution in [0.15, 0.2) is 18.2 Å². The predicted octanol–water partition coefficient (Wildman–Crippen LogP) is 2.47. The van der Waals surface area contributed by atoms with Crippen LogP contribution in [0.4, 0.5) is 0 Å². The minimum absolute atomic E-state index is 0.0407. The molecule has 104 valence electrons. The molecule has 0 amide bonds. The van der Waals surface area contributed by atoms with E-state index in [-0.39, 0.29) is 16.8 Å². The lowest BCUT2D eigenvalue weighted by Gasteiger charge is -2.26. The minimum atomic E-state index is -1.12. The minimum Gasteiger partial charge on any atom is -0.598 e. The van der Waals surface area contributed by atoms with Crippen molar-refractivity contribution in [3.8, 4) is 0 Å². The number of carbonyl (C=O) groups is 1. The predicted molar refractivity (Wildman–Crippen MR) is 75.0 cm³/mol. The third-order valence-corrected chi connectivity index (χ3v) is 4.73. The van der Waals surface area contributed by atoms with Crippen molar-refractivity contribution in [3.63, 3.8) is 0 Å². The Bertz CT molecular complexity index is 496. The van der Waals surface area contributed by atoms with Gasteiger partial charge in [0.15, 0.2) is 0 Å². The van der Waals surface area contributed by atoms with Crippen LogP contribution in [0.1, 0.15) is 55.2 Å². The molecule has 0 spiro atoms. The smallest absolute Gasteiger partial charge is 0.338 e. The molecule has 1 aromatic carbocycles. The lowest BCUT2D eigenvalue weighted by atomic mass is 10.0. The third-order valence-electron chi connectivity index (χ3n) is 3.05. The van der Waals surface area contributed by atoms with Crippen LogP contribution in [0.5, 0.6) is 0 Å². The van der Waals surface area contributed by atoms with Crippen LogP contribution < -0.4 is 4.72 Å². The lowest BCUT2D eigenvalue weighted by Crippen LogP contribution is -2.40. The van der Waals surface area contributed by atoms with Crippen molar-refractivity contribution < 1.29 is 14.1 Å². The summed E-state index contributed by atoms with van der Waals surface area (Å²) in [6, 6.07) is 5.56. The highest BCUT2D eigenvalue weighted by atomic mass is 32.2. The Labute approximate surface area is 116 Å². The van der Waals surface area contributed by atoms with Crippen molar-refractivity contribution in [2.24, 2.45) is 0 Å². The van der Waals surface area contributed by atoms with Crippen LogP contribution in [0.3, 0.4) is 0 Å². The molecule has 0 saturated heterocycles. The second kappa shape index (κ2) is 5.15. The summed E-state index contributed by atoms with van der Waals surface area (Å²) in [5.74, 6) is -0.263. The van der Waals surface area contributed by atoms with Gasteiger partial charge in [0.25, 0.3) is 0 Å². The molecule has 1 aliphatic rings. The van der Waals surface area contributed by atoms with E-state index < -0.39 is 11.4 Å². The molecule has 2 rings (SSSR count). The van der Waals surface area contributed by atoms with Crippen molar-refractivity contribution in [1.29, 1.82) is 0 Å². The van der Waals surface area contributed by atoms with Gasteiger partial charge in [0.2, 0.25) is 0 Å². The molecule has 0 radical (unpaired) electrons. The number of esters is 1. The van der Waals surface area contributed by atoms with Crippen LogP contribution in [0, 0.1) is 0 Å². The second-order valence-electron chi connectivity index (χ2n) is 5.71. The Morgan fingerprint density at radius 3 is 2.74 bits per heavy atom. The van der Waals surface area contributed by atoms with Crippen LogP contribution in [-0.2, 0) is 22.7 Å². The van der Waals surface area contributed by atoms with Crippen LogP contribution >= 0.6 is 0 Å². The first-order chi connectivity index (χ1) is 8.79. The van der Waals surface area contributed by atoms with E-state index >= 15 is 0 Å². The highest BCUT2D eigenvalue weighted by molar-refractivity contribution is 7.90. The summed E-state index contributed by atoms with van der Waals surface area (Å²) in [5.41, 5.74) is 2.54. The van der Waals surface area contributed by atoms with E-state index in [4.69, 9.17) is 4.74 Å². The molecule has 0 saturated carbocycles. The monoisotopic (exact) mass is 281 g/mol. The number of ether oxygens (including phenoxy) is 1. The fourth-order valence-corrected chi connectivity index (χ4v) is 2.64. The Kier molecular flexibility index (Phi) is 3.90. The second-order valence-corrected chi connectivity index (χ2v) is 7.71. The van der Waals surface area contributed by atoms with Crippen molar-refractivity contribution >= 4 is 17.3 Å². The Morgan fingerprint density at radius 1 is 1.42 bits per heavy atom. The van der Waals surface area contributed by atoms with E-state index in [1.807, 2.05) is 39.8 Å². The average Bonchev–Trinajstić information content (AvgIpc) is 2.69. The van der Waals surface area contributed by atoms with Crippen LogP contribution in [0.25, 0.3) is 0 Å². The van der Waals surface area contributed by atoms with Crippen LogP contribution in [-0.4, -0.2) is 15.3 Å². The number of rotatable bonds is 3. The average molecular weight is 281 g/mol. The molecule has 0 bridgehead atoms. The fourth-order valence-electron chi connectivity index (χ4n) is 1.83. The van der Waals surface area contributed by atoms with Gasteiger partial charge in [-0.05, 0) is 45.4 Å². The molecule has 5 heteroatoms. The number of nitrogens with one attached hydrogen (secondary N) is 1. The van der Waals surface area contributed by atoms with Crippen molar-refractivity contribution in [1.82, 2.24) is 4.72 Å². The quantitative estimate of drug-likeness (QED) is 0.683. The molecular formula is C14H19NO3S. The molecule has 4 nitrogen and oxygen atoms in total. The zero-order chi connectivity index (χ0) is 14.2. The first-order valence-corrected chi connectivity index (χ1v) is 7.42. The molecule has 1 N–H and O–H groups in total. The van der Waals surface area contributed by atoms with Gasteiger partial charge in [0.1, 0.15) is 11.4 Å². The van der Waals surface area contributed by atoms with E-state index in [0.29, 0.717) is 12.2 Å². The van der Waals surface area contributed by atoms with Crippen LogP contribution in [0.2, 0.25) is 0 Å². The number of hydrogen-bond donors (Lipinski definition) is 1. The summed E-state index contributed by atoms with van der Waals surface area (Å²) in [6.07, 6.45) is 0. The van der Waals surface area contributed by atoms with Crippen molar-refractivity contribution in [2.45, 2.75) is 45.1 Å². The Balaban J connectivity index is 2.13. The van der Waals surface area contributed by atoms with Gasteiger partial charge in [0, 0.05) is 16.9 Å². The molecule has 2 atom stereocenters. The van der Waals surface area contributed by atoms with Crippen molar-refractivity contribution in [2.75, 3.05) is 0 Å². The number of benzene rings is 1. The van der Waals surface area contributed by atoms with Gasteiger partial charge in [-0.1, -0.05) is 6.07 Å². The zero-order valence-electron chi connectivity index (χ0n) is 11.6. The third kappa shape index (κ3) is 3.11. The summed E-state index contributed by atoms with van der Waals surface area (Å²) in [6.45, 7) is 8.08. The Morgan fingerprint density at radius 2 is 2.11 bits per heavy atom. The maximum atomic E-state index is 12.1. The summed E-state index contributed by atoms with van der Waals surface area (Å²) >= 11 is -1.12. The number of fused-ring (bicyclic) bond motifs is 1. The van der Waals surface area contributed by atoms with Gasteiger partial charge in [-0.3, -0.25) is 0 Å². The topological polar surface area (TPSA) is 61.4 Å². The molecule has 1 heterocycles. The molecule has 0 aromatic heterocycles. The van der Waals surface area contributed by atoms with E-state index in [2.05, 4.69) is 4.72 Å². The maximum Gasteiger partial charge on any atom is 0.338 e. The van der Waals surface area contributed by atoms with Gasteiger partial charge in [-0.15, -0.1) is 4.72 Å². The standard InChI is InChI=1S/C14H19NO3S/c1-9(15-19(17)14(2,3)4)10-5-6-12-11(7-10)8-18-13(12)16/h5-7,9,15H,8H2,1-4H3/t9-,19-/m1/s1. The first kappa shape index (κ1) is 14.4. The SMILES string of the molecule is C[C@@H](N[S@+]([O-])C(C)(C)C)c1ccc2c(c1)COC2=O. The number of carbonyl (C=O) groups excluding carboxylic acids is 1. The van der Waals surface area contributed by atoms with Gasteiger partial charge < -0.3 is 9.29 Å². The summed E-state index contributed by atoms with van der Waals surface area (Å²) in [5, 5.41) is 0. The largest absolute Gasteiger partial charge is 0.598 e. The van der Waals surface area contributed by atoms with Crippen molar-refractivity contribution in [3.05, 3.63) is 34.9 Å². The maximum absolute atomic E-state index is 12.1. The number of cyclic esters (lactones) is 1. The van der Waals surface area contributed by atoms with E-state index in [1.165, 1.54) is 0 Å². The first-order valence-electron chi connectivity index (χ1n) is 6.27. The summed E-state index contributed by atoms with van der Waals surface area (Å²) in [4.78, 5) is 11.4. The van der Waals surface area contributed by atoms with E-state index in [1.54, 1.807) is 6.07 Å². The molecule has 0 unspecified atom stereocenters. The molecule has 0 aliphatic carbocycles. The summed E-state index contributed by atoms with van der Waals surface area (Å²) in [7, 11) is 0. The zero-order valence-corrected chi connectivity index (χ0v) is 12.5. The summed E-state index contributed by atoms with van der Waals surface area (Å²) < 4.78 is 19.8. The van der Waals surface area contributed by atoms with E-state index in [9.17, 15) is 9.35 Å². The normalized spacial score (nSPS) is 17.8. The highest BCUT2D eigenvalue weighted by Crippen LogP contribution is 2.25. The lowest BCUT2D eigenvalue weighted by molar-refractivity contribution is 0.0535. The van der Waals surface area contributed by atoms with E-state index in [0.717, 1.165) is 11.1 Å². The molecule has 0 fully saturated rings. The Hall–Kier alpha value is -1.04. The van der Waals surface area contributed by atoms with Gasteiger partial charge >= 0.3 is 5.97 Å². The van der Waals surface area contributed by atoms with Gasteiger partial charge in [-0.2, -0.15) is 0 Å². The van der Waals surface area contributed by atoms with Gasteiger partial charge in [-0.25, -0.2) is 4.79 Å². The number of hydrogen-bond acceptors (Lipinski definition) is 4. The molecule has 1 aromatic rings. The fraction of sp³-hybridized carbons (Fsp3) is 0.500.